The van der Waals surface area contributed by atoms with Gasteiger partial charge < -0.3 is 40.2 Å². The molecule has 0 bridgehead atoms. The van der Waals surface area contributed by atoms with Crippen LogP contribution in [-0.2, 0) is 22.4 Å². The Kier molecular flexibility index (Phi) is 53.1. The summed E-state index contributed by atoms with van der Waals surface area (Å²) < 4.78 is 26.6. The number of unbranched alkanes of at least 4 members (excludes halogenated alkanes) is 38. The highest BCUT2D eigenvalue weighted by molar-refractivity contribution is 6.44. The molecule has 0 aromatic heterocycles. The lowest BCUT2D eigenvalue weighted by atomic mass is 9.96. The first-order valence-corrected chi connectivity index (χ1v) is 43.7. The van der Waals surface area contributed by atoms with Crippen molar-refractivity contribution < 1.29 is 38.1 Å². The second kappa shape index (κ2) is 61.3. The second-order valence-corrected chi connectivity index (χ2v) is 30.1. The van der Waals surface area contributed by atoms with Gasteiger partial charge in [-0.1, -0.05) is 348 Å². The predicted molar refractivity (Wildman–Crippen MR) is 451 cm³/mol. The number of ketones is 2. The van der Waals surface area contributed by atoms with Crippen molar-refractivity contribution in [2.75, 3.05) is 47.7 Å². The van der Waals surface area contributed by atoms with Gasteiger partial charge in [0.2, 0.25) is 0 Å². The van der Waals surface area contributed by atoms with Gasteiger partial charge in [0.25, 0.3) is 0 Å². The monoisotopic (exact) mass is 1460 g/mol. The minimum atomic E-state index is -0.926. The number of anilines is 4. The van der Waals surface area contributed by atoms with Crippen molar-refractivity contribution in [2.45, 2.75) is 376 Å². The van der Waals surface area contributed by atoms with Crippen LogP contribution in [0.15, 0.2) is 96.3 Å². The highest BCUT2D eigenvalue weighted by Crippen LogP contribution is 2.40. The first kappa shape index (κ1) is 91.8. The first-order chi connectivity index (χ1) is 52.0. The molecular formula is C94H150N4O8. The highest BCUT2D eigenvalue weighted by atomic mass is 16.5. The van der Waals surface area contributed by atoms with E-state index in [4.69, 9.17) is 18.9 Å². The van der Waals surface area contributed by atoms with E-state index in [2.05, 4.69) is 101 Å². The van der Waals surface area contributed by atoms with Gasteiger partial charge in [0.15, 0.2) is 34.6 Å². The summed E-state index contributed by atoms with van der Waals surface area (Å²) in [6, 6.07) is 23.5. The van der Waals surface area contributed by atoms with Crippen LogP contribution >= 0.6 is 0 Å². The quantitative estimate of drug-likeness (QED) is 0.0145. The van der Waals surface area contributed by atoms with Crippen LogP contribution in [0.4, 0.5) is 22.7 Å². The molecule has 0 unspecified atom stereocenters. The van der Waals surface area contributed by atoms with E-state index in [1.54, 1.807) is 24.5 Å². The van der Waals surface area contributed by atoms with Crippen LogP contribution in [0, 0.1) is 0 Å². The van der Waals surface area contributed by atoms with Crippen LogP contribution in [0.1, 0.15) is 395 Å². The lowest BCUT2D eigenvalue weighted by molar-refractivity contribution is -0.132. The van der Waals surface area contributed by atoms with Crippen LogP contribution in [0.2, 0.25) is 0 Å². The SMILES string of the molecule is CCCCCCCCOc1cc(N/C=C(\CCCCCCC)C(=O)c2ccc(CCCCCCCC)cc2)c(NC(=O)C(=O)Nc2cc(OCCCCCCCC)c(OCCCCCCCC)cc2N/C=C(\CCCCCCC)C(=O)c2ccc(CCCCCCCC)cc2)cc1OCCCCCCCC. The summed E-state index contributed by atoms with van der Waals surface area (Å²) in [7, 11) is 0. The molecule has 0 aliphatic heterocycles. The van der Waals surface area contributed by atoms with Crippen molar-refractivity contribution in [3.63, 3.8) is 0 Å². The number of hydrogen-bond donors (Lipinski definition) is 4. The second-order valence-electron chi connectivity index (χ2n) is 30.1. The third-order valence-corrected chi connectivity index (χ3v) is 20.4. The molecular weight excluding hydrogens is 1310 g/mol. The molecule has 0 saturated heterocycles. The molecule has 0 spiro atoms. The molecule has 12 heteroatoms. The Morgan fingerprint density at radius 3 is 0.764 bits per heavy atom. The number of rotatable bonds is 68. The van der Waals surface area contributed by atoms with E-state index in [1.807, 2.05) is 36.4 Å². The first-order valence-electron chi connectivity index (χ1n) is 43.7. The largest absolute Gasteiger partial charge is 0.490 e. The normalized spacial score (nSPS) is 11.6. The van der Waals surface area contributed by atoms with Gasteiger partial charge in [-0.05, 0) is 88.2 Å². The number of Topliss-reactive ketones (excluding diaryl/α,β-unsaturated/α-hetero) is 2. The van der Waals surface area contributed by atoms with Gasteiger partial charge in [-0.2, -0.15) is 0 Å². The lowest BCUT2D eigenvalue weighted by Crippen LogP contribution is -2.29. The van der Waals surface area contributed by atoms with E-state index in [0.29, 0.717) is 95.9 Å². The van der Waals surface area contributed by atoms with Crippen molar-refractivity contribution in [3.05, 3.63) is 119 Å². The van der Waals surface area contributed by atoms with Crippen molar-refractivity contribution in [1.29, 1.82) is 0 Å². The summed E-state index contributed by atoms with van der Waals surface area (Å²) in [4.78, 5) is 59.7. The van der Waals surface area contributed by atoms with E-state index in [-0.39, 0.29) is 22.9 Å². The Balaban J connectivity index is 1.87. The Bertz CT molecular complexity index is 2810. The Hall–Kier alpha value is -6.56. The smallest absolute Gasteiger partial charge is 0.314 e. The number of hydrogen-bond acceptors (Lipinski definition) is 10. The van der Waals surface area contributed by atoms with Gasteiger partial charge >= 0.3 is 11.8 Å². The van der Waals surface area contributed by atoms with Gasteiger partial charge in [0, 0.05) is 58.9 Å². The summed E-state index contributed by atoms with van der Waals surface area (Å²) >= 11 is 0. The van der Waals surface area contributed by atoms with Crippen LogP contribution in [-0.4, -0.2) is 49.8 Å². The number of carbonyl (C=O) groups is 4. The maximum Gasteiger partial charge on any atom is 0.314 e. The van der Waals surface area contributed by atoms with Crippen molar-refractivity contribution in [1.82, 2.24) is 0 Å². The molecule has 594 valence electrons. The molecule has 0 radical (unpaired) electrons. The van der Waals surface area contributed by atoms with Gasteiger partial charge in [0.1, 0.15) is 0 Å². The van der Waals surface area contributed by atoms with Crippen molar-refractivity contribution in [2.24, 2.45) is 0 Å². The Labute approximate surface area is 646 Å². The number of aryl methyl sites for hydroxylation is 2. The lowest BCUT2D eigenvalue weighted by Gasteiger charge is -2.20. The molecule has 4 rings (SSSR count). The topological polar surface area (TPSA) is 153 Å². The van der Waals surface area contributed by atoms with Crippen molar-refractivity contribution >= 4 is 46.1 Å². The third kappa shape index (κ3) is 40.6. The fourth-order valence-corrected chi connectivity index (χ4v) is 13.5. The number of benzene rings is 4. The molecule has 0 saturated carbocycles. The van der Waals surface area contributed by atoms with E-state index < -0.39 is 11.8 Å². The average molecular weight is 1460 g/mol. The molecule has 4 aromatic rings. The minimum Gasteiger partial charge on any atom is -0.490 e. The van der Waals surface area contributed by atoms with Gasteiger partial charge in [-0.25, -0.2) is 0 Å². The van der Waals surface area contributed by atoms with Gasteiger partial charge in [0.05, 0.1) is 49.2 Å². The van der Waals surface area contributed by atoms with E-state index in [1.165, 1.54) is 152 Å². The Morgan fingerprint density at radius 1 is 0.274 bits per heavy atom. The number of ether oxygens (including phenoxy) is 4. The molecule has 0 fully saturated rings. The third-order valence-electron chi connectivity index (χ3n) is 20.4. The highest BCUT2D eigenvalue weighted by Gasteiger charge is 2.24. The summed E-state index contributed by atoms with van der Waals surface area (Å²) in [5.74, 6) is -0.0113. The van der Waals surface area contributed by atoms with Crippen molar-refractivity contribution in [3.8, 4) is 23.0 Å². The zero-order valence-electron chi connectivity index (χ0n) is 68.5. The molecule has 4 aromatic carbocycles. The fraction of sp³-hybridized carbons (Fsp3) is 0.660. The number of nitrogens with one attached hydrogen (secondary N) is 4. The molecule has 0 atom stereocenters. The van der Waals surface area contributed by atoms with E-state index in [9.17, 15) is 9.59 Å². The fourth-order valence-electron chi connectivity index (χ4n) is 13.5. The van der Waals surface area contributed by atoms with Gasteiger partial charge in [-0.3, -0.25) is 19.2 Å². The molecule has 0 aliphatic carbocycles. The van der Waals surface area contributed by atoms with Crippen LogP contribution < -0.4 is 40.2 Å². The van der Waals surface area contributed by atoms with E-state index in [0.717, 1.165) is 167 Å². The molecule has 2 amide bonds. The predicted octanol–water partition coefficient (Wildman–Crippen LogP) is 28.1. The van der Waals surface area contributed by atoms with Crippen LogP contribution in [0.3, 0.4) is 0 Å². The molecule has 12 nitrogen and oxygen atoms in total. The van der Waals surface area contributed by atoms with E-state index >= 15 is 9.59 Å². The molecule has 106 heavy (non-hydrogen) atoms. The summed E-state index contributed by atoms with van der Waals surface area (Å²) in [6.45, 7) is 19.7. The maximum absolute atomic E-state index is 15.0. The summed E-state index contributed by atoms with van der Waals surface area (Å²) in [5.41, 5.74) is 6.43. The molecule has 0 heterocycles. The Morgan fingerprint density at radius 2 is 0.500 bits per heavy atom. The maximum atomic E-state index is 15.0. The summed E-state index contributed by atoms with van der Waals surface area (Å²) in [5, 5.41) is 13.0. The van der Waals surface area contributed by atoms with Crippen LogP contribution in [0.5, 0.6) is 23.0 Å². The minimum absolute atomic E-state index is 0.0536. The molecule has 4 N–H and O–H groups in total. The zero-order chi connectivity index (χ0) is 76.1. The summed E-state index contributed by atoms with van der Waals surface area (Å²) in [6.07, 6.45) is 58.0. The average Bonchev–Trinajstić information content (AvgIpc) is 0.813. The number of allylic oxidation sites excluding steroid dienone is 2. The van der Waals surface area contributed by atoms with Gasteiger partial charge in [-0.15, -0.1) is 0 Å². The zero-order valence-corrected chi connectivity index (χ0v) is 68.5. The number of amides is 2. The van der Waals surface area contributed by atoms with Crippen LogP contribution in [0.25, 0.3) is 0 Å². The standard InChI is InChI=1S/C94H150N4O8/c1-9-17-25-33-41-47-55-77-59-63-79(64-60-77)91(99)81(57-49-39-31-23-15-7)75-95-83-71-87(103-67-51-43-35-27-19-11-3)89(105-69-53-45-37-29-21-13-5)73-85(83)97-93(101)94(102)98-86-74-90(106-70-54-46-38-30-22-14-6)88(104-68-52-44-36-28-20-12-4)72-84(86)96-76-82(58-50-40-32-24-16-8)92(100)80-65-61-78(62-66-80)56-48-42-34-26-18-10-2/h59-66,71-76,95-96H,9-58,67-70H2,1-8H3,(H,97,101)(H,98,102)/b81-75+,82-76+. The molecule has 0 aliphatic rings. The number of carbonyl (C=O) groups excluding carboxylic acids is 4.